The molecule has 0 aliphatic carbocycles. The average molecular weight is 398 g/mol. The van der Waals surface area contributed by atoms with Gasteiger partial charge >= 0.3 is 0 Å². The largest absolute Gasteiger partial charge is 0.492 e. The fraction of sp³-hybridized carbons (Fsp3) is 0.368. The van der Waals surface area contributed by atoms with Crippen molar-refractivity contribution in [3.63, 3.8) is 0 Å². The van der Waals surface area contributed by atoms with Crippen molar-refractivity contribution >= 4 is 21.6 Å². The molecule has 0 heterocycles. The first-order valence-electron chi connectivity index (χ1n) is 8.35. The predicted molar refractivity (Wildman–Crippen MR) is 104 cm³/mol. The third kappa shape index (κ3) is 5.62. The van der Waals surface area contributed by atoms with Gasteiger partial charge in [-0.3, -0.25) is 0 Å². The summed E-state index contributed by atoms with van der Waals surface area (Å²) in [6.07, 6.45) is 0.0351. The van der Waals surface area contributed by atoms with Gasteiger partial charge in [0.1, 0.15) is 18.1 Å². The summed E-state index contributed by atoms with van der Waals surface area (Å²) in [5, 5.41) is 0.711. The van der Waals surface area contributed by atoms with Gasteiger partial charge in [-0.05, 0) is 75.2 Å². The first-order chi connectivity index (χ1) is 12.2. The Hall–Kier alpha value is -1.76. The van der Waals surface area contributed by atoms with E-state index in [-0.39, 0.29) is 24.2 Å². The average Bonchev–Trinajstić information content (AvgIpc) is 2.56. The van der Waals surface area contributed by atoms with E-state index in [2.05, 4.69) is 4.72 Å². The second kappa shape index (κ2) is 8.75. The number of aryl methyl sites for hydroxylation is 2. The van der Waals surface area contributed by atoms with Crippen LogP contribution in [0.1, 0.15) is 25.0 Å². The standard InChI is InChI=1S/C19H24ClNO4S/c1-13(2)25-16-5-7-18(8-6-16)26(22,23)21-9-10-24-17-11-14(3)19(20)15(4)12-17/h5-8,11-13,21H,9-10H2,1-4H3. The van der Waals surface area contributed by atoms with E-state index in [4.69, 9.17) is 21.1 Å². The van der Waals surface area contributed by atoms with Gasteiger partial charge in [0.25, 0.3) is 0 Å². The second-order valence-corrected chi connectivity index (χ2v) is 8.40. The van der Waals surface area contributed by atoms with Crippen molar-refractivity contribution in [3.8, 4) is 11.5 Å². The number of hydrogen-bond acceptors (Lipinski definition) is 4. The van der Waals surface area contributed by atoms with Crippen LogP contribution in [0.15, 0.2) is 41.3 Å². The normalized spacial score (nSPS) is 11.6. The van der Waals surface area contributed by atoms with Crippen molar-refractivity contribution in [2.75, 3.05) is 13.2 Å². The van der Waals surface area contributed by atoms with Crippen molar-refractivity contribution in [1.29, 1.82) is 0 Å². The van der Waals surface area contributed by atoms with E-state index in [1.54, 1.807) is 12.1 Å². The van der Waals surface area contributed by atoms with Crippen LogP contribution < -0.4 is 14.2 Å². The maximum atomic E-state index is 12.3. The number of benzene rings is 2. The highest BCUT2D eigenvalue weighted by molar-refractivity contribution is 7.89. The van der Waals surface area contributed by atoms with Gasteiger partial charge in [-0.2, -0.15) is 0 Å². The van der Waals surface area contributed by atoms with E-state index >= 15 is 0 Å². The zero-order valence-electron chi connectivity index (χ0n) is 15.4. The Kier molecular flexibility index (Phi) is 6.92. The lowest BCUT2D eigenvalue weighted by molar-refractivity contribution is 0.242. The minimum atomic E-state index is -3.59. The van der Waals surface area contributed by atoms with Gasteiger partial charge in [-0.1, -0.05) is 11.6 Å². The zero-order valence-corrected chi connectivity index (χ0v) is 16.9. The SMILES string of the molecule is Cc1cc(OCCNS(=O)(=O)c2ccc(OC(C)C)cc2)cc(C)c1Cl. The fourth-order valence-corrected chi connectivity index (χ4v) is 3.51. The molecular weight excluding hydrogens is 374 g/mol. The molecule has 2 aromatic rings. The first-order valence-corrected chi connectivity index (χ1v) is 10.2. The monoisotopic (exact) mass is 397 g/mol. The van der Waals surface area contributed by atoms with Gasteiger partial charge in [0.05, 0.1) is 11.0 Å². The maximum absolute atomic E-state index is 12.3. The summed E-state index contributed by atoms with van der Waals surface area (Å²) in [5.74, 6) is 1.30. The lowest BCUT2D eigenvalue weighted by Crippen LogP contribution is -2.28. The number of ether oxygens (including phenoxy) is 2. The third-order valence-electron chi connectivity index (χ3n) is 3.58. The Balaban J connectivity index is 1.90. The molecule has 0 aliphatic heterocycles. The van der Waals surface area contributed by atoms with Gasteiger partial charge in [-0.25, -0.2) is 13.1 Å². The Morgan fingerprint density at radius 1 is 1.04 bits per heavy atom. The van der Waals surface area contributed by atoms with Crippen LogP contribution in [-0.4, -0.2) is 27.7 Å². The maximum Gasteiger partial charge on any atom is 0.240 e. The molecule has 0 unspecified atom stereocenters. The van der Waals surface area contributed by atoms with Crippen LogP contribution in [0.3, 0.4) is 0 Å². The molecule has 0 spiro atoms. The Bertz CT molecular complexity index is 825. The molecule has 0 aromatic heterocycles. The van der Waals surface area contributed by atoms with Crippen LogP contribution in [0.2, 0.25) is 5.02 Å². The van der Waals surface area contributed by atoms with E-state index < -0.39 is 10.0 Å². The van der Waals surface area contributed by atoms with Crippen LogP contribution in [0.4, 0.5) is 0 Å². The van der Waals surface area contributed by atoms with Gasteiger partial charge in [0.2, 0.25) is 10.0 Å². The summed E-state index contributed by atoms with van der Waals surface area (Å²) in [7, 11) is -3.59. The highest BCUT2D eigenvalue weighted by atomic mass is 35.5. The molecule has 0 saturated heterocycles. The molecule has 26 heavy (non-hydrogen) atoms. The summed E-state index contributed by atoms with van der Waals surface area (Å²) < 4.78 is 38.3. The summed E-state index contributed by atoms with van der Waals surface area (Å²) in [4.78, 5) is 0.187. The van der Waals surface area contributed by atoms with Crippen LogP contribution in [-0.2, 0) is 10.0 Å². The van der Waals surface area contributed by atoms with Crippen LogP contribution in [0, 0.1) is 13.8 Å². The molecule has 0 aliphatic rings. The van der Waals surface area contributed by atoms with Crippen molar-refractivity contribution in [3.05, 3.63) is 52.5 Å². The van der Waals surface area contributed by atoms with Gasteiger partial charge in [0.15, 0.2) is 0 Å². The summed E-state index contributed by atoms with van der Waals surface area (Å²) in [5.41, 5.74) is 1.84. The number of hydrogen-bond donors (Lipinski definition) is 1. The minimum Gasteiger partial charge on any atom is -0.492 e. The number of nitrogens with one attached hydrogen (secondary N) is 1. The summed E-state index contributed by atoms with van der Waals surface area (Å²) in [6, 6.07) is 9.99. The molecule has 2 aromatic carbocycles. The number of halogens is 1. The number of rotatable bonds is 8. The first kappa shape index (κ1) is 20.6. The second-order valence-electron chi connectivity index (χ2n) is 6.26. The van der Waals surface area contributed by atoms with E-state index in [0.717, 1.165) is 11.1 Å². The molecule has 5 nitrogen and oxygen atoms in total. The predicted octanol–water partition coefficient (Wildman–Crippen LogP) is 4.10. The molecule has 0 radical (unpaired) electrons. The zero-order chi connectivity index (χ0) is 19.3. The van der Waals surface area contributed by atoms with E-state index in [1.165, 1.54) is 12.1 Å². The molecule has 142 valence electrons. The Morgan fingerprint density at radius 3 is 2.15 bits per heavy atom. The molecule has 2 rings (SSSR count). The van der Waals surface area contributed by atoms with Gasteiger partial charge < -0.3 is 9.47 Å². The van der Waals surface area contributed by atoms with Crippen LogP contribution >= 0.6 is 11.6 Å². The molecule has 0 saturated carbocycles. The molecule has 1 N–H and O–H groups in total. The Labute approximate surface area is 160 Å². The smallest absolute Gasteiger partial charge is 0.240 e. The van der Waals surface area contributed by atoms with E-state index in [1.807, 2.05) is 39.8 Å². The molecular formula is C19H24ClNO4S. The highest BCUT2D eigenvalue weighted by Crippen LogP contribution is 2.25. The van der Waals surface area contributed by atoms with Gasteiger partial charge in [0, 0.05) is 11.6 Å². The lowest BCUT2D eigenvalue weighted by Gasteiger charge is -2.12. The lowest BCUT2D eigenvalue weighted by atomic mass is 10.1. The number of sulfonamides is 1. The van der Waals surface area contributed by atoms with Crippen LogP contribution in [0.5, 0.6) is 11.5 Å². The Morgan fingerprint density at radius 2 is 1.62 bits per heavy atom. The van der Waals surface area contributed by atoms with E-state index in [0.29, 0.717) is 16.5 Å². The molecule has 0 bridgehead atoms. The highest BCUT2D eigenvalue weighted by Gasteiger charge is 2.13. The van der Waals surface area contributed by atoms with Crippen molar-refractivity contribution < 1.29 is 17.9 Å². The third-order valence-corrected chi connectivity index (χ3v) is 5.65. The van der Waals surface area contributed by atoms with Crippen LogP contribution in [0.25, 0.3) is 0 Å². The van der Waals surface area contributed by atoms with Crippen molar-refractivity contribution in [1.82, 2.24) is 4.72 Å². The minimum absolute atomic E-state index is 0.0351. The topological polar surface area (TPSA) is 64.6 Å². The van der Waals surface area contributed by atoms with Crippen molar-refractivity contribution in [2.45, 2.75) is 38.7 Å². The summed E-state index contributed by atoms with van der Waals surface area (Å²) >= 11 is 6.12. The van der Waals surface area contributed by atoms with Gasteiger partial charge in [-0.15, -0.1) is 0 Å². The van der Waals surface area contributed by atoms with Crippen molar-refractivity contribution in [2.24, 2.45) is 0 Å². The molecule has 0 amide bonds. The molecule has 0 atom stereocenters. The summed E-state index contributed by atoms with van der Waals surface area (Å²) in [6.45, 7) is 8.00. The quantitative estimate of drug-likeness (QED) is 0.681. The molecule has 7 heteroatoms. The van der Waals surface area contributed by atoms with E-state index in [9.17, 15) is 8.42 Å². The molecule has 0 fully saturated rings. The fourth-order valence-electron chi connectivity index (χ4n) is 2.39.